The molecule has 1 aromatic carbocycles. The van der Waals surface area contributed by atoms with Crippen molar-refractivity contribution in [3.63, 3.8) is 0 Å². The third-order valence-corrected chi connectivity index (χ3v) is 5.52. The molecule has 0 bridgehead atoms. The zero-order valence-corrected chi connectivity index (χ0v) is 13.9. The molecule has 0 atom stereocenters. The van der Waals surface area contributed by atoms with Gasteiger partial charge in [-0.1, -0.05) is 37.6 Å². The molecular weight excluding hydrogens is 292 g/mol. The Bertz CT molecular complexity index is 427. The standard InChI is InChI=1S/C15H23ClN2OS/c1-4-15(5-2,20-3)11-17-10-14(19)18-13-9-7-6-8-12(13)16/h6-9,17H,4-5,10-11H2,1-3H3,(H,18,19). The van der Waals surface area contributed by atoms with E-state index in [4.69, 9.17) is 11.6 Å². The highest BCUT2D eigenvalue weighted by Crippen LogP contribution is 2.29. The SMILES string of the molecule is CCC(CC)(CNCC(=O)Nc1ccccc1Cl)SC. The van der Waals surface area contributed by atoms with Gasteiger partial charge in [-0.3, -0.25) is 4.79 Å². The van der Waals surface area contributed by atoms with Crippen molar-refractivity contribution in [2.75, 3.05) is 24.7 Å². The molecule has 112 valence electrons. The molecule has 0 fully saturated rings. The van der Waals surface area contributed by atoms with Gasteiger partial charge in [-0.05, 0) is 31.2 Å². The summed E-state index contributed by atoms with van der Waals surface area (Å²) in [4.78, 5) is 11.9. The predicted molar refractivity (Wildman–Crippen MR) is 89.8 cm³/mol. The van der Waals surface area contributed by atoms with Crippen LogP contribution >= 0.6 is 23.4 Å². The van der Waals surface area contributed by atoms with Crippen LogP contribution in [-0.4, -0.2) is 30.0 Å². The molecular formula is C15H23ClN2OS. The molecule has 0 aliphatic rings. The lowest BCUT2D eigenvalue weighted by Gasteiger charge is -2.29. The van der Waals surface area contributed by atoms with Crippen molar-refractivity contribution in [2.45, 2.75) is 31.4 Å². The minimum Gasteiger partial charge on any atom is -0.324 e. The first-order chi connectivity index (χ1) is 9.56. The number of rotatable bonds is 8. The van der Waals surface area contributed by atoms with E-state index in [0.717, 1.165) is 19.4 Å². The highest BCUT2D eigenvalue weighted by atomic mass is 35.5. The number of hydrogen-bond acceptors (Lipinski definition) is 3. The molecule has 0 saturated carbocycles. The van der Waals surface area contributed by atoms with Gasteiger partial charge in [0, 0.05) is 11.3 Å². The first-order valence-electron chi connectivity index (χ1n) is 6.87. The number of para-hydroxylation sites is 1. The van der Waals surface area contributed by atoms with E-state index in [1.165, 1.54) is 0 Å². The Morgan fingerprint density at radius 1 is 1.30 bits per heavy atom. The maximum atomic E-state index is 11.9. The van der Waals surface area contributed by atoms with Crippen LogP contribution in [0.15, 0.2) is 24.3 Å². The second-order valence-electron chi connectivity index (χ2n) is 4.73. The number of carbonyl (C=O) groups is 1. The molecule has 0 aromatic heterocycles. The number of halogens is 1. The first kappa shape index (κ1) is 17.3. The van der Waals surface area contributed by atoms with Crippen molar-refractivity contribution in [3.8, 4) is 0 Å². The summed E-state index contributed by atoms with van der Waals surface area (Å²) in [5, 5.41) is 6.61. The molecule has 5 heteroatoms. The predicted octanol–water partition coefficient (Wildman–Crippen LogP) is 3.79. The van der Waals surface area contributed by atoms with Gasteiger partial charge in [-0.15, -0.1) is 0 Å². The topological polar surface area (TPSA) is 41.1 Å². The third-order valence-electron chi connectivity index (χ3n) is 3.60. The number of thioether (sulfide) groups is 1. The van der Waals surface area contributed by atoms with Crippen molar-refractivity contribution in [1.29, 1.82) is 0 Å². The summed E-state index contributed by atoms with van der Waals surface area (Å²) in [6.07, 6.45) is 4.30. The molecule has 20 heavy (non-hydrogen) atoms. The Morgan fingerprint density at radius 2 is 1.95 bits per heavy atom. The van der Waals surface area contributed by atoms with Gasteiger partial charge in [-0.2, -0.15) is 11.8 Å². The Labute approximate surface area is 130 Å². The number of nitrogens with one attached hydrogen (secondary N) is 2. The first-order valence-corrected chi connectivity index (χ1v) is 8.47. The van der Waals surface area contributed by atoms with Crippen LogP contribution in [0.25, 0.3) is 0 Å². The molecule has 3 nitrogen and oxygen atoms in total. The minimum atomic E-state index is -0.0692. The Kier molecular flexibility index (Phi) is 7.41. The van der Waals surface area contributed by atoms with Crippen molar-refractivity contribution >= 4 is 35.0 Å². The lowest BCUT2D eigenvalue weighted by molar-refractivity contribution is -0.115. The van der Waals surface area contributed by atoms with E-state index in [0.29, 0.717) is 17.3 Å². The molecule has 0 spiro atoms. The van der Waals surface area contributed by atoms with Crippen molar-refractivity contribution < 1.29 is 4.79 Å². The van der Waals surface area contributed by atoms with Gasteiger partial charge in [0.25, 0.3) is 0 Å². The van der Waals surface area contributed by atoms with Crippen LogP contribution in [0.1, 0.15) is 26.7 Å². The zero-order chi connectivity index (χ0) is 15.0. The number of carbonyl (C=O) groups excluding carboxylic acids is 1. The van der Waals surface area contributed by atoms with Crippen molar-refractivity contribution in [1.82, 2.24) is 5.32 Å². The van der Waals surface area contributed by atoms with Crippen LogP contribution in [0.2, 0.25) is 5.02 Å². The molecule has 1 amide bonds. The van der Waals surface area contributed by atoms with Crippen molar-refractivity contribution in [3.05, 3.63) is 29.3 Å². The largest absolute Gasteiger partial charge is 0.324 e. The van der Waals surface area contributed by atoms with Gasteiger partial charge in [-0.25, -0.2) is 0 Å². The summed E-state index contributed by atoms with van der Waals surface area (Å²) >= 11 is 7.86. The second-order valence-corrected chi connectivity index (χ2v) is 6.41. The van der Waals surface area contributed by atoms with Crippen LogP contribution in [-0.2, 0) is 4.79 Å². The van der Waals surface area contributed by atoms with Crippen LogP contribution in [0, 0.1) is 0 Å². The minimum absolute atomic E-state index is 0.0692. The quantitative estimate of drug-likeness (QED) is 0.767. The van der Waals surface area contributed by atoms with E-state index in [1.54, 1.807) is 12.1 Å². The van der Waals surface area contributed by atoms with E-state index >= 15 is 0 Å². The third kappa shape index (κ3) is 5.00. The van der Waals surface area contributed by atoms with Gasteiger partial charge >= 0.3 is 0 Å². The van der Waals surface area contributed by atoms with Crippen LogP contribution in [0.3, 0.4) is 0 Å². The fraction of sp³-hybridized carbons (Fsp3) is 0.533. The van der Waals surface area contributed by atoms with Crippen LogP contribution in [0.5, 0.6) is 0 Å². The van der Waals surface area contributed by atoms with Crippen molar-refractivity contribution in [2.24, 2.45) is 0 Å². The molecule has 1 aromatic rings. The molecule has 0 aliphatic heterocycles. The Hall–Kier alpha value is -0.710. The maximum absolute atomic E-state index is 11.9. The van der Waals surface area contributed by atoms with Gasteiger partial charge < -0.3 is 10.6 Å². The molecule has 0 radical (unpaired) electrons. The van der Waals surface area contributed by atoms with Gasteiger partial charge in [0.05, 0.1) is 17.3 Å². The normalized spacial score (nSPS) is 11.4. The maximum Gasteiger partial charge on any atom is 0.238 e. The van der Waals surface area contributed by atoms with Gasteiger partial charge in [0.1, 0.15) is 0 Å². The Balaban J connectivity index is 2.43. The smallest absolute Gasteiger partial charge is 0.238 e. The Morgan fingerprint density at radius 3 is 2.50 bits per heavy atom. The summed E-state index contributed by atoms with van der Waals surface area (Å²) in [7, 11) is 0. The average molecular weight is 315 g/mol. The van der Waals surface area contributed by atoms with Gasteiger partial charge in [0.15, 0.2) is 0 Å². The molecule has 0 aliphatic carbocycles. The average Bonchev–Trinajstić information content (AvgIpc) is 2.47. The summed E-state index contributed by atoms with van der Waals surface area (Å²) < 4.78 is 0.213. The summed E-state index contributed by atoms with van der Waals surface area (Å²) in [5.74, 6) is -0.0692. The number of hydrogen-bond donors (Lipinski definition) is 2. The van der Waals surface area contributed by atoms with E-state index in [1.807, 2.05) is 23.9 Å². The van der Waals surface area contributed by atoms with E-state index < -0.39 is 0 Å². The van der Waals surface area contributed by atoms with Gasteiger partial charge in [0.2, 0.25) is 5.91 Å². The van der Waals surface area contributed by atoms with Crippen LogP contribution < -0.4 is 10.6 Å². The van der Waals surface area contributed by atoms with E-state index in [2.05, 4.69) is 30.7 Å². The summed E-state index contributed by atoms with van der Waals surface area (Å²) in [6.45, 7) is 5.50. The fourth-order valence-corrected chi connectivity index (χ4v) is 3.03. The summed E-state index contributed by atoms with van der Waals surface area (Å²) in [5.41, 5.74) is 0.656. The number of benzene rings is 1. The molecule has 0 saturated heterocycles. The van der Waals surface area contributed by atoms with E-state index in [-0.39, 0.29) is 10.7 Å². The fourth-order valence-electron chi connectivity index (χ4n) is 2.02. The second kappa shape index (κ2) is 8.55. The lowest BCUT2D eigenvalue weighted by atomic mass is 10.0. The number of anilines is 1. The lowest BCUT2D eigenvalue weighted by Crippen LogP contribution is -2.40. The van der Waals surface area contributed by atoms with Crippen LogP contribution in [0.4, 0.5) is 5.69 Å². The molecule has 2 N–H and O–H groups in total. The van der Waals surface area contributed by atoms with E-state index in [9.17, 15) is 4.79 Å². The molecule has 0 heterocycles. The molecule has 1 rings (SSSR count). The highest BCUT2D eigenvalue weighted by Gasteiger charge is 2.24. The highest BCUT2D eigenvalue weighted by molar-refractivity contribution is 8.00. The number of amides is 1. The molecule has 0 unspecified atom stereocenters. The zero-order valence-electron chi connectivity index (χ0n) is 12.3. The summed E-state index contributed by atoms with van der Waals surface area (Å²) in [6, 6.07) is 7.25. The monoisotopic (exact) mass is 314 g/mol.